The van der Waals surface area contributed by atoms with Gasteiger partial charge in [-0.3, -0.25) is 4.79 Å². The van der Waals surface area contributed by atoms with Crippen LogP contribution in [0.3, 0.4) is 0 Å². The molecule has 3 rings (SSSR count). The zero-order chi connectivity index (χ0) is 20.3. The van der Waals surface area contributed by atoms with Crippen molar-refractivity contribution in [3.8, 4) is 0 Å². The van der Waals surface area contributed by atoms with Crippen LogP contribution in [0.1, 0.15) is 36.6 Å². The van der Waals surface area contributed by atoms with Crippen LogP contribution in [0.25, 0.3) is 10.2 Å². The maximum absolute atomic E-state index is 13.1. The van der Waals surface area contributed by atoms with Crippen molar-refractivity contribution in [3.63, 3.8) is 0 Å². The molecular weight excluding hydrogens is 370 g/mol. The van der Waals surface area contributed by atoms with Crippen molar-refractivity contribution in [2.45, 2.75) is 40.0 Å². The quantitative estimate of drug-likeness (QED) is 0.710. The maximum Gasteiger partial charge on any atom is 0.225 e. The van der Waals surface area contributed by atoms with Crippen LogP contribution < -0.4 is 4.90 Å². The molecule has 0 radical (unpaired) electrons. The molecule has 1 amide bonds. The molecule has 0 aliphatic carbocycles. The molecule has 7 heteroatoms. The topological polar surface area (TPSA) is 52.6 Å². The number of hydrogen-bond donors (Lipinski definition) is 0. The van der Waals surface area contributed by atoms with E-state index in [0.717, 1.165) is 62.6 Å². The predicted octanol–water partition coefficient (Wildman–Crippen LogP) is 3.32. The van der Waals surface area contributed by atoms with E-state index in [0.29, 0.717) is 5.91 Å². The van der Waals surface area contributed by atoms with Gasteiger partial charge in [0.05, 0.1) is 5.39 Å². The minimum Gasteiger partial charge on any atom is -0.356 e. The lowest BCUT2D eigenvalue weighted by Crippen LogP contribution is -2.45. The fourth-order valence-electron chi connectivity index (χ4n) is 3.92. The van der Waals surface area contributed by atoms with Crippen molar-refractivity contribution >= 4 is 33.3 Å². The number of hydrogen-bond acceptors (Lipinski definition) is 6. The Kier molecular flexibility index (Phi) is 6.88. The summed E-state index contributed by atoms with van der Waals surface area (Å²) in [5, 5.41) is 1.19. The monoisotopic (exact) mass is 403 g/mol. The average molecular weight is 404 g/mol. The van der Waals surface area contributed by atoms with Gasteiger partial charge in [-0.05, 0) is 52.8 Å². The number of anilines is 1. The van der Waals surface area contributed by atoms with Crippen LogP contribution in [0, 0.1) is 19.8 Å². The summed E-state index contributed by atoms with van der Waals surface area (Å²) in [5.74, 6) is 1.50. The van der Waals surface area contributed by atoms with Gasteiger partial charge in [0.1, 0.15) is 17.0 Å². The molecule has 0 unspecified atom stereocenters. The Morgan fingerprint density at radius 2 is 1.89 bits per heavy atom. The number of piperidine rings is 1. The smallest absolute Gasteiger partial charge is 0.225 e. The molecule has 0 atom stereocenters. The maximum atomic E-state index is 13.1. The highest BCUT2D eigenvalue weighted by atomic mass is 32.1. The van der Waals surface area contributed by atoms with Gasteiger partial charge in [-0.1, -0.05) is 6.92 Å². The zero-order valence-corrected chi connectivity index (χ0v) is 18.7. The standard InChI is InChI=1S/C21H33N5OS/c1-6-9-26(13-12-24(4)5)21(27)17-7-10-25(11-8-17)19-18-15(2)16(3)28-20(18)23-14-22-19/h14,17H,6-13H2,1-5H3. The molecule has 28 heavy (non-hydrogen) atoms. The molecule has 1 aliphatic rings. The Balaban J connectivity index is 1.68. The minimum absolute atomic E-state index is 0.132. The molecular formula is C21H33N5OS. The van der Waals surface area contributed by atoms with Crippen LogP contribution in [0.4, 0.5) is 5.82 Å². The lowest BCUT2D eigenvalue weighted by atomic mass is 9.95. The molecule has 3 heterocycles. The molecule has 0 saturated carbocycles. The van der Waals surface area contributed by atoms with Gasteiger partial charge in [0.2, 0.25) is 5.91 Å². The van der Waals surface area contributed by atoms with E-state index in [1.807, 2.05) is 0 Å². The number of nitrogens with zero attached hydrogens (tertiary/aromatic N) is 5. The number of fused-ring (bicyclic) bond motifs is 1. The Labute approximate surface area is 172 Å². The summed E-state index contributed by atoms with van der Waals surface area (Å²) in [6, 6.07) is 0. The second-order valence-corrected chi connectivity index (χ2v) is 9.25. The fraction of sp³-hybridized carbons (Fsp3) is 0.667. The van der Waals surface area contributed by atoms with Crippen LogP contribution >= 0.6 is 11.3 Å². The predicted molar refractivity (Wildman–Crippen MR) is 117 cm³/mol. The zero-order valence-electron chi connectivity index (χ0n) is 17.9. The first-order chi connectivity index (χ1) is 13.4. The first kappa shape index (κ1) is 21.0. The van der Waals surface area contributed by atoms with E-state index in [1.165, 1.54) is 15.8 Å². The van der Waals surface area contributed by atoms with E-state index in [9.17, 15) is 4.79 Å². The van der Waals surface area contributed by atoms with E-state index in [4.69, 9.17) is 0 Å². The summed E-state index contributed by atoms with van der Waals surface area (Å²) in [6.07, 6.45) is 4.48. The first-order valence-electron chi connectivity index (χ1n) is 10.3. The van der Waals surface area contributed by atoms with Gasteiger partial charge in [0.15, 0.2) is 0 Å². The van der Waals surface area contributed by atoms with Crippen molar-refractivity contribution in [3.05, 3.63) is 16.8 Å². The largest absolute Gasteiger partial charge is 0.356 e. The van der Waals surface area contributed by atoms with Gasteiger partial charge in [0, 0.05) is 43.5 Å². The number of carbonyl (C=O) groups is 1. The third-order valence-corrected chi connectivity index (χ3v) is 6.83. The summed E-state index contributed by atoms with van der Waals surface area (Å²) in [6.45, 7) is 10.8. The van der Waals surface area contributed by atoms with Crippen molar-refractivity contribution in [2.75, 3.05) is 51.7 Å². The molecule has 1 saturated heterocycles. The summed E-state index contributed by atoms with van der Waals surface area (Å²) < 4.78 is 0. The van der Waals surface area contributed by atoms with Crippen LogP contribution in [0.5, 0.6) is 0 Å². The molecule has 1 fully saturated rings. The number of likely N-dealkylation sites (N-methyl/N-ethyl adjacent to an activating group) is 1. The van der Waals surface area contributed by atoms with E-state index in [1.54, 1.807) is 17.7 Å². The second-order valence-electron chi connectivity index (χ2n) is 8.05. The highest BCUT2D eigenvalue weighted by Crippen LogP contribution is 2.35. The van der Waals surface area contributed by atoms with Gasteiger partial charge in [0.25, 0.3) is 0 Å². The molecule has 0 bridgehead atoms. The van der Waals surface area contributed by atoms with Crippen LogP contribution in [-0.4, -0.2) is 72.5 Å². The Morgan fingerprint density at radius 1 is 1.18 bits per heavy atom. The number of rotatable bonds is 7. The number of thiophene rings is 1. The normalized spacial score (nSPS) is 15.6. The molecule has 2 aromatic heterocycles. The third kappa shape index (κ3) is 4.46. The molecule has 0 aromatic carbocycles. The van der Waals surface area contributed by atoms with Gasteiger partial charge >= 0.3 is 0 Å². The molecule has 0 spiro atoms. The van der Waals surface area contributed by atoms with Crippen molar-refractivity contribution in [1.29, 1.82) is 0 Å². The van der Waals surface area contributed by atoms with Crippen molar-refractivity contribution < 1.29 is 4.79 Å². The van der Waals surface area contributed by atoms with Gasteiger partial charge in [-0.15, -0.1) is 11.3 Å². The van der Waals surface area contributed by atoms with Crippen molar-refractivity contribution in [1.82, 2.24) is 19.8 Å². The molecule has 6 nitrogen and oxygen atoms in total. The number of aromatic nitrogens is 2. The van der Waals surface area contributed by atoms with Crippen molar-refractivity contribution in [2.24, 2.45) is 5.92 Å². The van der Waals surface area contributed by atoms with E-state index < -0.39 is 0 Å². The molecule has 0 N–H and O–H groups in total. The fourth-order valence-corrected chi connectivity index (χ4v) is 4.91. The summed E-state index contributed by atoms with van der Waals surface area (Å²) in [5.41, 5.74) is 1.28. The third-order valence-electron chi connectivity index (χ3n) is 5.71. The summed E-state index contributed by atoms with van der Waals surface area (Å²) in [4.78, 5) is 31.1. The van der Waals surface area contributed by atoms with Crippen LogP contribution in [-0.2, 0) is 4.79 Å². The lowest BCUT2D eigenvalue weighted by Gasteiger charge is -2.35. The van der Waals surface area contributed by atoms with E-state index >= 15 is 0 Å². The molecule has 1 aliphatic heterocycles. The second kappa shape index (κ2) is 9.18. The summed E-state index contributed by atoms with van der Waals surface area (Å²) >= 11 is 1.74. The minimum atomic E-state index is 0.132. The number of aryl methyl sites for hydroxylation is 2. The highest BCUT2D eigenvalue weighted by molar-refractivity contribution is 7.18. The Hall–Kier alpha value is -1.73. The average Bonchev–Trinajstić information content (AvgIpc) is 2.98. The molecule has 2 aromatic rings. The lowest BCUT2D eigenvalue weighted by molar-refractivity contribution is -0.136. The van der Waals surface area contributed by atoms with Crippen LogP contribution in [0.15, 0.2) is 6.33 Å². The Bertz CT molecular complexity index is 810. The van der Waals surface area contributed by atoms with E-state index in [2.05, 4.69) is 59.5 Å². The van der Waals surface area contributed by atoms with Crippen LogP contribution in [0.2, 0.25) is 0 Å². The number of amides is 1. The number of carbonyl (C=O) groups excluding carboxylic acids is 1. The highest BCUT2D eigenvalue weighted by Gasteiger charge is 2.29. The summed E-state index contributed by atoms with van der Waals surface area (Å²) in [7, 11) is 4.12. The SMILES string of the molecule is CCCN(CCN(C)C)C(=O)C1CCN(c2ncnc3sc(C)c(C)c23)CC1. The van der Waals surface area contributed by atoms with E-state index in [-0.39, 0.29) is 5.92 Å². The molecule has 154 valence electrons. The van der Waals surface area contributed by atoms with Gasteiger partial charge < -0.3 is 14.7 Å². The van der Waals surface area contributed by atoms with Gasteiger partial charge in [-0.2, -0.15) is 0 Å². The first-order valence-corrected chi connectivity index (χ1v) is 11.1. The van der Waals surface area contributed by atoms with Gasteiger partial charge in [-0.25, -0.2) is 9.97 Å². The Morgan fingerprint density at radius 3 is 2.54 bits per heavy atom.